The summed E-state index contributed by atoms with van der Waals surface area (Å²) < 4.78 is 0. The molecule has 0 amide bonds. The number of hydrazine groups is 1. The first kappa shape index (κ1) is 11.8. The maximum absolute atomic E-state index is 9.21. The molecule has 1 aliphatic carbocycles. The zero-order valence-electron chi connectivity index (χ0n) is 9.88. The minimum absolute atomic E-state index is 0.213. The minimum atomic E-state index is -0.213. The molecule has 0 unspecified atom stereocenters. The number of nitrogens with one attached hydrogen (secondary N) is 2. The van der Waals surface area contributed by atoms with Gasteiger partial charge in [0.05, 0.1) is 6.10 Å². The fourth-order valence-corrected chi connectivity index (χ4v) is 1.58. The summed E-state index contributed by atoms with van der Waals surface area (Å²) in [5.74, 6) is 6.60. The Morgan fingerprint density at radius 1 is 1.24 bits per heavy atom. The lowest BCUT2D eigenvalue weighted by atomic mass is 9.90. The molecule has 0 aliphatic heterocycles. The van der Waals surface area contributed by atoms with Crippen molar-refractivity contribution in [1.82, 2.24) is 15.0 Å². The zero-order chi connectivity index (χ0) is 12.4. The maximum Gasteiger partial charge on any atom is 0.243 e. The number of hydrogen-bond acceptors (Lipinski definition) is 8. The quantitative estimate of drug-likeness (QED) is 0.397. The van der Waals surface area contributed by atoms with Crippen LogP contribution in [0.4, 0.5) is 17.8 Å². The first-order valence-electron chi connectivity index (χ1n) is 5.43. The van der Waals surface area contributed by atoms with E-state index in [0.29, 0.717) is 30.7 Å². The molecule has 0 spiro atoms. The molecule has 1 fully saturated rings. The van der Waals surface area contributed by atoms with Gasteiger partial charge in [-0.05, 0) is 12.8 Å². The van der Waals surface area contributed by atoms with Gasteiger partial charge in [0.1, 0.15) is 0 Å². The largest absolute Gasteiger partial charge is 0.393 e. The molecule has 94 valence electrons. The molecule has 2 rings (SSSR count). The second-order valence-electron chi connectivity index (χ2n) is 4.29. The lowest BCUT2D eigenvalue weighted by molar-refractivity contribution is 0.0834. The van der Waals surface area contributed by atoms with Crippen molar-refractivity contribution in [3.05, 3.63) is 0 Å². The highest BCUT2D eigenvalue weighted by molar-refractivity contribution is 5.43. The lowest BCUT2D eigenvalue weighted by Crippen LogP contribution is -2.39. The molecule has 1 aliphatic rings. The molecule has 17 heavy (non-hydrogen) atoms. The van der Waals surface area contributed by atoms with Crippen LogP contribution >= 0.6 is 0 Å². The van der Waals surface area contributed by atoms with E-state index in [2.05, 4.69) is 25.7 Å². The SMILES string of the molecule is CN(C)c1nc(NN)nc(NC2CC(O)C2)n1. The van der Waals surface area contributed by atoms with Gasteiger partial charge in [0.2, 0.25) is 17.8 Å². The topological polar surface area (TPSA) is 112 Å². The van der Waals surface area contributed by atoms with Crippen LogP contribution in [-0.2, 0) is 0 Å². The Bertz CT molecular complexity index is 391. The fraction of sp³-hybridized carbons (Fsp3) is 0.667. The van der Waals surface area contributed by atoms with E-state index < -0.39 is 0 Å². The summed E-state index contributed by atoms with van der Waals surface area (Å²) in [6.45, 7) is 0. The van der Waals surface area contributed by atoms with E-state index in [1.807, 2.05) is 14.1 Å². The van der Waals surface area contributed by atoms with E-state index in [0.717, 1.165) is 0 Å². The number of hydrogen-bond donors (Lipinski definition) is 4. The Labute approximate surface area is 99.2 Å². The van der Waals surface area contributed by atoms with Gasteiger partial charge < -0.3 is 15.3 Å². The predicted molar refractivity (Wildman–Crippen MR) is 64.6 cm³/mol. The van der Waals surface area contributed by atoms with Gasteiger partial charge >= 0.3 is 0 Å². The summed E-state index contributed by atoms with van der Waals surface area (Å²) in [6, 6.07) is 0.216. The maximum atomic E-state index is 9.21. The Morgan fingerprint density at radius 2 is 1.88 bits per heavy atom. The van der Waals surface area contributed by atoms with Gasteiger partial charge in [-0.25, -0.2) is 5.84 Å². The molecule has 1 aromatic heterocycles. The molecule has 8 heteroatoms. The van der Waals surface area contributed by atoms with Gasteiger partial charge in [0.25, 0.3) is 0 Å². The molecule has 0 aromatic carbocycles. The van der Waals surface area contributed by atoms with E-state index in [4.69, 9.17) is 5.84 Å². The van der Waals surface area contributed by atoms with Gasteiger partial charge in [-0.1, -0.05) is 0 Å². The van der Waals surface area contributed by atoms with Crippen LogP contribution in [0.15, 0.2) is 0 Å². The number of aliphatic hydroxyl groups excluding tert-OH is 1. The Hall–Kier alpha value is -1.67. The lowest BCUT2D eigenvalue weighted by Gasteiger charge is -2.32. The molecule has 1 heterocycles. The normalized spacial score (nSPS) is 22.8. The van der Waals surface area contributed by atoms with Crippen molar-refractivity contribution < 1.29 is 5.11 Å². The summed E-state index contributed by atoms with van der Waals surface area (Å²) >= 11 is 0. The molecule has 0 radical (unpaired) electrons. The third kappa shape index (κ3) is 2.71. The van der Waals surface area contributed by atoms with Gasteiger partial charge in [-0.2, -0.15) is 15.0 Å². The number of aliphatic hydroxyl groups is 1. The highest BCUT2D eigenvalue weighted by Crippen LogP contribution is 2.23. The molecule has 0 atom stereocenters. The zero-order valence-corrected chi connectivity index (χ0v) is 9.88. The van der Waals surface area contributed by atoms with Crippen LogP contribution in [-0.4, -0.2) is 46.3 Å². The monoisotopic (exact) mass is 239 g/mol. The van der Waals surface area contributed by atoms with Gasteiger partial charge in [0.15, 0.2) is 0 Å². The first-order chi connectivity index (χ1) is 8.08. The van der Waals surface area contributed by atoms with E-state index in [9.17, 15) is 5.11 Å². The number of nitrogen functional groups attached to an aromatic ring is 1. The Kier molecular flexibility index (Phi) is 3.25. The van der Waals surface area contributed by atoms with Gasteiger partial charge in [0, 0.05) is 20.1 Å². The average Bonchev–Trinajstić information content (AvgIpc) is 2.26. The van der Waals surface area contributed by atoms with Crippen LogP contribution < -0.4 is 21.5 Å². The van der Waals surface area contributed by atoms with Gasteiger partial charge in [-0.15, -0.1) is 0 Å². The molecule has 8 nitrogen and oxygen atoms in total. The van der Waals surface area contributed by atoms with Gasteiger partial charge in [-0.3, -0.25) is 5.43 Å². The Balaban J connectivity index is 2.12. The molecular formula is C9H17N7O. The smallest absolute Gasteiger partial charge is 0.243 e. The number of anilines is 3. The van der Waals surface area contributed by atoms with Crippen molar-refractivity contribution in [3.63, 3.8) is 0 Å². The number of aromatic nitrogens is 3. The van der Waals surface area contributed by atoms with E-state index in [-0.39, 0.29) is 12.1 Å². The van der Waals surface area contributed by atoms with Crippen molar-refractivity contribution in [1.29, 1.82) is 0 Å². The highest BCUT2D eigenvalue weighted by Gasteiger charge is 2.27. The van der Waals surface area contributed by atoms with Crippen LogP contribution in [0.3, 0.4) is 0 Å². The minimum Gasteiger partial charge on any atom is -0.393 e. The summed E-state index contributed by atoms with van der Waals surface area (Å²) in [5.41, 5.74) is 2.40. The molecule has 1 aromatic rings. The Morgan fingerprint density at radius 3 is 2.41 bits per heavy atom. The summed E-state index contributed by atoms with van der Waals surface area (Å²) in [5, 5.41) is 12.3. The third-order valence-electron chi connectivity index (χ3n) is 2.60. The van der Waals surface area contributed by atoms with E-state index in [1.54, 1.807) is 4.90 Å². The molecule has 0 saturated heterocycles. The molecular weight excluding hydrogens is 222 g/mol. The van der Waals surface area contributed by atoms with Crippen LogP contribution in [0, 0.1) is 0 Å². The highest BCUT2D eigenvalue weighted by atomic mass is 16.3. The first-order valence-corrected chi connectivity index (χ1v) is 5.43. The molecule has 1 saturated carbocycles. The standard InChI is InChI=1S/C9H17N7O/c1-16(2)9-13-7(12-8(14-9)15-10)11-5-3-6(17)4-5/h5-6,17H,3-4,10H2,1-2H3,(H2,11,12,13,14,15). The van der Waals surface area contributed by atoms with Crippen LogP contribution in [0.5, 0.6) is 0 Å². The molecule has 5 N–H and O–H groups in total. The van der Waals surface area contributed by atoms with Crippen molar-refractivity contribution in [2.24, 2.45) is 5.84 Å². The van der Waals surface area contributed by atoms with E-state index >= 15 is 0 Å². The van der Waals surface area contributed by atoms with E-state index in [1.165, 1.54) is 0 Å². The van der Waals surface area contributed by atoms with Crippen LogP contribution in [0.1, 0.15) is 12.8 Å². The summed E-state index contributed by atoms with van der Waals surface area (Å²) in [4.78, 5) is 14.2. The predicted octanol–water partition coefficient (Wildman–Crippen LogP) is -0.842. The summed E-state index contributed by atoms with van der Waals surface area (Å²) in [6.07, 6.45) is 1.22. The fourth-order valence-electron chi connectivity index (χ4n) is 1.58. The van der Waals surface area contributed by atoms with Crippen molar-refractivity contribution >= 4 is 17.8 Å². The number of rotatable bonds is 4. The third-order valence-corrected chi connectivity index (χ3v) is 2.60. The second-order valence-corrected chi connectivity index (χ2v) is 4.29. The van der Waals surface area contributed by atoms with Crippen molar-refractivity contribution in [2.75, 3.05) is 29.7 Å². The number of nitrogens with two attached hydrogens (primary N) is 1. The second kappa shape index (κ2) is 4.68. The average molecular weight is 239 g/mol. The van der Waals surface area contributed by atoms with Crippen molar-refractivity contribution in [3.8, 4) is 0 Å². The molecule has 0 bridgehead atoms. The number of nitrogens with zero attached hydrogens (tertiary/aromatic N) is 4. The van der Waals surface area contributed by atoms with Crippen LogP contribution in [0.25, 0.3) is 0 Å². The van der Waals surface area contributed by atoms with Crippen molar-refractivity contribution in [2.45, 2.75) is 25.0 Å². The summed E-state index contributed by atoms with van der Waals surface area (Å²) in [7, 11) is 3.68. The van der Waals surface area contributed by atoms with Crippen LogP contribution in [0.2, 0.25) is 0 Å².